The molecule has 1 heterocycles. The number of benzene rings is 1. The van der Waals surface area contributed by atoms with Gasteiger partial charge in [-0.2, -0.15) is 0 Å². The molecule has 0 radical (unpaired) electrons. The van der Waals surface area contributed by atoms with Crippen molar-refractivity contribution in [3.8, 4) is 5.75 Å². The zero-order chi connectivity index (χ0) is 13.8. The van der Waals surface area contributed by atoms with E-state index in [9.17, 15) is 4.79 Å². The van der Waals surface area contributed by atoms with Crippen molar-refractivity contribution in [2.45, 2.75) is 12.5 Å². The normalized spacial score (nSPS) is 20.7. The van der Waals surface area contributed by atoms with Crippen molar-refractivity contribution in [2.75, 3.05) is 38.7 Å². The summed E-state index contributed by atoms with van der Waals surface area (Å²) in [5, 5.41) is 0. The Morgan fingerprint density at radius 3 is 2.84 bits per heavy atom. The molecule has 1 aromatic carbocycles. The lowest BCUT2D eigenvalue weighted by molar-refractivity contribution is -0.122. The number of methoxy groups -OCH3 is 1. The SMILES string of the molecule is COc1ccccc1N1CC(CCN)N(C)CC1=O. The summed E-state index contributed by atoms with van der Waals surface area (Å²) in [6.07, 6.45) is 0.884. The number of amides is 1. The highest BCUT2D eigenvalue weighted by molar-refractivity contribution is 5.97. The molecule has 1 aliphatic heterocycles. The number of rotatable bonds is 4. The minimum Gasteiger partial charge on any atom is -0.495 e. The number of nitrogens with two attached hydrogens (primary N) is 1. The predicted octanol–water partition coefficient (Wildman–Crippen LogP) is 0.691. The van der Waals surface area contributed by atoms with Crippen LogP contribution < -0.4 is 15.4 Å². The molecule has 0 saturated carbocycles. The largest absolute Gasteiger partial charge is 0.495 e. The number of nitrogens with zero attached hydrogens (tertiary/aromatic N) is 2. The minimum absolute atomic E-state index is 0.0975. The smallest absolute Gasteiger partial charge is 0.241 e. The van der Waals surface area contributed by atoms with E-state index in [4.69, 9.17) is 10.5 Å². The molecule has 1 saturated heterocycles. The lowest BCUT2D eigenvalue weighted by Gasteiger charge is -2.39. The van der Waals surface area contributed by atoms with Gasteiger partial charge >= 0.3 is 0 Å². The molecule has 5 nitrogen and oxygen atoms in total. The Bertz CT molecular complexity index is 450. The van der Waals surface area contributed by atoms with Crippen LogP contribution in [-0.4, -0.2) is 50.6 Å². The fourth-order valence-electron chi connectivity index (χ4n) is 2.47. The van der Waals surface area contributed by atoms with E-state index in [1.807, 2.05) is 31.3 Å². The van der Waals surface area contributed by atoms with Crippen molar-refractivity contribution < 1.29 is 9.53 Å². The first-order valence-corrected chi connectivity index (χ1v) is 6.51. The first-order chi connectivity index (χ1) is 9.17. The number of ether oxygens (including phenoxy) is 1. The van der Waals surface area contributed by atoms with Crippen LogP contribution in [0.4, 0.5) is 5.69 Å². The van der Waals surface area contributed by atoms with E-state index in [0.717, 1.165) is 17.9 Å². The summed E-state index contributed by atoms with van der Waals surface area (Å²) in [5.74, 6) is 0.826. The third-order valence-electron chi connectivity index (χ3n) is 3.58. The van der Waals surface area contributed by atoms with Gasteiger partial charge in [0.1, 0.15) is 5.75 Å². The van der Waals surface area contributed by atoms with Crippen LogP contribution in [0, 0.1) is 0 Å². The van der Waals surface area contributed by atoms with Gasteiger partial charge in [0, 0.05) is 12.6 Å². The van der Waals surface area contributed by atoms with Crippen LogP contribution in [0.3, 0.4) is 0 Å². The molecule has 2 rings (SSSR count). The molecule has 0 bridgehead atoms. The van der Waals surface area contributed by atoms with Crippen molar-refractivity contribution in [3.05, 3.63) is 24.3 Å². The van der Waals surface area contributed by atoms with Crippen molar-refractivity contribution in [1.82, 2.24) is 4.90 Å². The lowest BCUT2D eigenvalue weighted by Crippen LogP contribution is -2.55. The van der Waals surface area contributed by atoms with Gasteiger partial charge in [-0.1, -0.05) is 12.1 Å². The summed E-state index contributed by atoms with van der Waals surface area (Å²) in [7, 11) is 3.59. The van der Waals surface area contributed by atoms with E-state index in [2.05, 4.69) is 4.90 Å². The van der Waals surface area contributed by atoms with Gasteiger partial charge < -0.3 is 15.4 Å². The summed E-state index contributed by atoms with van der Waals surface area (Å²) in [5.41, 5.74) is 6.48. The molecule has 1 unspecified atom stereocenters. The number of hydrogen-bond acceptors (Lipinski definition) is 4. The summed E-state index contributed by atoms with van der Waals surface area (Å²) >= 11 is 0. The summed E-state index contributed by atoms with van der Waals surface area (Å²) < 4.78 is 5.34. The quantitative estimate of drug-likeness (QED) is 0.868. The monoisotopic (exact) mass is 263 g/mol. The van der Waals surface area contributed by atoms with Crippen LogP contribution in [0.1, 0.15) is 6.42 Å². The molecule has 1 amide bonds. The second-order valence-electron chi connectivity index (χ2n) is 4.82. The number of anilines is 1. The molecule has 0 aromatic heterocycles. The van der Waals surface area contributed by atoms with Gasteiger partial charge in [0.05, 0.1) is 19.3 Å². The van der Waals surface area contributed by atoms with Crippen molar-refractivity contribution in [1.29, 1.82) is 0 Å². The van der Waals surface area contributed by atoms with Crippen LogP contribution in [0.2, 0.25) is 0 Å². The summed E-state index contributed by atoms with van der Waals surface area (Å²) in [6, 6.07) is 7.91. The van der Waals surface area contributed by atoms with Crippen molar-refractivity contribution >= 4 is 11.6 Å². The van der Waals surface area contributed by atoms with Crippen LogP contribution in [0.5, 0.6) is 5.75 Å². The first kappa shape index (κ1) is 13.8. The Kier molecular flexibility index (Phi) is 4.39. The van der Waals surface area contributed by atoms with Crippen LogP contribution in [-0.2, 0) is 4.79 Å². The van der Waals surface area contributed by atoms with E-state index in [0.29, 0.717) is 25.7 Å². The molecule has 0 aliphatic carbocycles. The molecule has 1 fully saturated rings. The Balaban J connectivity index is 2.25. The Labute approximate surface area is 113 Å². The van der Waals surface area contributed by atoms with Gasteiger partial charge in [0.2, 0.25) is 5.91 Å². The van der Waals surface area contributed by atoms with Crippen molar-refractivity contribution in [3.63, 3.8) is 0 Å². The topological polar surface area (TPSA) is 58.8 Å². The number of piperazine rings is 1. The maximum Gasteiger partial charge on any atom is 0.241 e. The second-order valence-corrected chi connectivity index (χ2v) is 4.82. The van der Waals surface area contributed by atoms with Crippen LogP contribution in [0.15, 0.2) is 24.3 Å². The standard InChI is InChI=1S/C14H21N3O2/c1-16-10-14(18)17(9-11(16)7-8-15)12-5-3-4-6-13(12)19-2/h3-6,11H,7-10,15H2,1-2H3. The van der Waals surface area contributed by atoms with Gasteiger partial charge in [-0.05, 0) is 32.1 Å². The van der Waals surface area contributed by atoms with E-state index < -0.39 is 0 Å². The Hall–Kier alpha value is -1.59. The zero-order valence-corrected chi connectivity index (χ0v) is 11.5. The molecule has 2 N–H and O–H groups in total. The number of carbonyl (C=O) groups excluding carboxylic acids is 1. The number of para-hydroxylation sites is 2. The maximum atomic E-state index is 12.2. The van der Waals surface area contributed by atoms with Crippen molar-refractivity contribution in [2.24, 2.45) is 5.73 Å². The number of carbonyl (C=O) groups is 1. The second kappa shape index (κ2) is 6.04. The van der Waals surface area contributed by atoms with Gasteiger partial charge in [-0.25, -0.2) is 0 Å². The van der Waals surface area contributed by atoms with Crippen LogP contribution in [0.25, 0.3) is 0 Å². The van der Waals surface area contributed by atoms with Gasteiger partial charge in [-0.3, -0.25) is 9.69 Å². The van der Waals surface area contributed by atoms with Gasteiger partial charge in [0.25, 0.3) is 0 Å². The molecule has 0 spiro atoms. The Morgan fingerprint density at radius 1 is 1.42 bits per heavy atom. The van der Waals surface area contributed by atoms with E-state index in [1.54, 1.807) is 12.0 Å². The average molecular weight is 263 g/mol. The first-order valence-electron chi connectivity index (χ1n) is 6.51. The molecule has 104 valence electrons. The van der Waals surface area contributed by atoms with Gasteiger partial charge in [0.15, 0.2) is 0 Å². The van der Waals surface area contributed by atoms with Crippen LogP contribution >= 0.6 is 0 Å². The molecule has 1 atom stereocenters. The lowest BCUT2D eigenvalue weighted by atomic mass is 10.1. The maximum absolute atomic E-state index is 12.2. The summed E-state index contributed by atoms with van der Waals surface area (Å²) in [6.45, 7) is 1.71. The average Bonchev–Trinajstić information content (AvgIpc) is 2.42. The molecule has 1 aliphatic rings. The molecule has 5 heteroatoms. The van der Waals surface area contributed by atoms with E-state index in [-0.39, 0.29) is 5.91 Å². The molecule has 1 aromatic rings. The van der Waals surface area contributed by atoms with Gasteiger partial charge in [-0.15, -0.1) is 0 Å². The third kappa shape index (κ3) is 2.88. The highest BCUT2D eigenvalue weighted by atomic mass is 16.5. The third-order valence-corrected chi connectivity index (χ3v) is 3.58. The Morgan fingerprint density at radius 2 is 2.16 bits per heavy atom. The highest BCUT2D eigenvalue weighted by Gasteiger charge is 2.31. The molecule has 19 heavy (non-hydrogen) atoms. The molecular formula is C14H21N3O2. The highest BCUT2D eigenvalue weighted by Crippen LogP contribution is 2.30. The zero-order valence-electron chi connectivity index (χ0n) is 11.5. The number of likely N-dealkylation sites (N-methyl/N-ethyl adjacent to an activating group) is 1. The predicted molar refractivity (Wildman–Crippen MR) is 75.4 cm³/mol. The summed E-state index contributed by atoms with van der Waals surface area (Å²) in [4.78, 5) is 16.1. The van der Waals surface area contributed by atoms with E-state index >= 15 is 0 Å². The number of hydrogen-bond donors (Lipinski definition) is 1. The fraction of sp³-hybridized carbons (Fsp3) is 0.500. The van der Waals surface area contributed by atoms with E-state index in [1.165, 1.54) is 0 Å². The fourth-order valence-corrected chi connectivity index (χ4v) is 2.47. The molecular weight excluding hydrogens is 242 g/mol. The minimum atomic E-state index is 0.0975.